The van der Waals surface area contributed by atoms with E-state index in [1.54, 1.807) is 27.1 Å². The molecule has 2 aromatic heterocycles. The van der Waals surface area contributed by atoms with Crippen molar-refractivity contribution in [2.45, 2.75) is 26.3 Å². The fourth-order valence-corrected chi connectivity index (χ4v) is 2.93. The predicted molar refractivity (Wildman–Crippen MR) is 108 cm³/mol. The summed E-state index contributed by atoms with van der Waals surface area (Å²) in [5.41, 5.74) is 1.80. The smallest absolute Gasteiger partial charge is 0.244 e. The van der Waals surface area contributed by atoms with E-state index in [1.807, 2.05) is 13.0 Å². The van der Waals surface area contributed by atoms with Gasteiger partial charge < -0.3 is 15.5 Å². The van der Waals surface area contributed by atoms with Crippen LogP contribution in [0.15, 0.2) is 24.7 Å². The Morgan fingerprint density at radius 1 is 1.24 bits per heavy atom. The zero-order valence-electron chi connectivity index (χ0n) is 16.8. The van der Waals surface area contributed by atoms with Crippen LogP contribution in [0.5, 0.6) is 0 Å². The van der Waals surface area contributed by atoms with Gasteiger partial charge in [0.05, 0.1) is 23.8 Å². The molecule has 3 rings (SSSR count). The number of hydrogen-bond acceptors (Lipinski definition) is 7. The topological polar surface area (TPSA) is 124 Å². The Balaban J connectivity index is 1.77. The number of nitrogens with zero attached hydrogens (tertiary/aromatic N) is 5. The summed E-state index contributed by atoms with van der Waals surface area (Å²) >= 11 is 0. The van der Waals surface area contributed by atoms with Crippen LogP contribution in [0, 0.1) is 23.2 Å². The fraction of sp³-hybridized carbons (Fsp3) is 0.400. The van der Waals surface area contributed by atoms with Crippen LogP contribution < -0.4 is 10.6 Å². The number of anilines is 2. The van der Waals surface area contributed by atoms with Crippen molar-refractivity contribution in [2.75, 3.05) is 24.7 Å². The Labute approximate surface area is 169 Å². The van der Waals surface area contributed by atoms with E-state index in [1.165, 1.54) is 23.5 Å². The molecule has 9 nitrogen and oxygen atoms in total. The summed E-state index contributed by atoms with van der Waals surface area (Å²) in [6, 6.07) is 3.20. The molecule has 1 saturated carbocycles. The Bertz CT molecular complexity index is 966. The molecule has 0 aromatic carbocycles. The van der Waals surface area contributed by atoms with Crippen molar-refractivity contribution in [3.63, 3.8) is 0 Å². The van der Waals surface area contributed by atoms with Gasteiger partial charge in [0.1, 0.15) is 12.1 Å². The van der Waals surface area contributed by atoms with Gasteiger partial charge >= 0.3 is 0 Å². The number of hydrogen-bond donors (Lipinski definition) is 2. The molecular formula is C20H23N7O2. The molecule has 1 fully saturated rings. The lowest BCUT2D eigenvalue weighted by Crippen LogP contribution is -2.36. The van der Waals surface area contributed by atoms with Gasteiger partial charge in [0, 0.05) is 31.8 Å². The Morgan fingerprint density at radius 2 is 1.97 bits per heavy atom. The van der Waals surface area contributed by atoms with Crippen LogP contribution in [0.2, 0.25) is 0 Å². The third-order valence-corrected chi connectivity index (χ3v) is 4.82. The largest absolute Gasteiger partial charge is 0.372 e. The number of carbonyl (C=O) groups excluding carboxylic acids is 2. The van der Waals surface area contributed by atoms with E-state index in [0.29, 0.717) is 28.7 Å². The number of nitriles is 1. The molecule has 3 atom stereocenters. The molecule has 0 aliphatic heterocycles. The number of nitrogens with one attached hydrogen (secondary N) is 2. The first-order valence-electron chi connectivity index (χ1n) is 9.31. The lowest BCUT2D eigenvalue weighted by Gasteiger charge is -2.19. The quantitative estimate of drug-likeness (QED) is 0.768. The molecule has 2 amide bonds. The van der Waals surface area contributed by atoms with E-state index in [-0.39, 0.29) is 23.4 Å². The highest BCUT2D eigenvalue weighted by atomic mass is 16.2. The van der Waals surface area contributed by atoms with Gasteiger partial charge in [-0.3, -0.25) is 14.6 Å². The van der Waals surface area contributed by atoms with Crippen molar-refractivity contribution in [1.82, 2.24) is 19.9 Å². The van der Waals surface area contributed by atoms with Crippen LogP contribution in [-0.4, -0.2) is 51.8 Å². The number of carbonyl (C=O) groups is 2. The van der Waals surface area contributed by atoms with Crippen LogP contribution >= 0.6 is 0 Å². The summed E-state index contributed by atoms with van der Waals surface area (Å²) in [7, 11) is 3.33. The second-order valence-electron chi connectivity index (χ2n) is 7.43. The SMILES string of the molecule is CC(Nc1cc(-c2cnc(NC(=O)C3CC3C)cn2)cnc1C#N)C(=O)N(C)C. The summed E-state index contributed by atoms with van der Waals surface area (Å²) in [5.74, 6) is 0.706. The molecule has 1 aliphatic rings. The van der Waals surface area contributed by atoms with Gasteiger partial charge in [-0.1, -0.05) is 6.92 Å². The van der Waals surface area contributed by atoms with Crippen molar-refractivity contribution >= 4 is 23.3 Å². The zero-order chi connectivity index (χ0) is 21.1. The molecular weight excluding hydrogens is 370 g/mol. The Morgan fingerprint density at radius 3 is 2.52 bits per heavy atom. The lowest BCUT2D eigenvalue weighted by molar-refractivity contribution is -0.129. The zero-order valence-corrected chi connectivity index (χ0v) is 16.8. The van der Waals surface area contributed by atoms with Crippen molar-refractivity contribution in [3.05, 3.63) is 30.4 Å². The monoisotopic (exact) mass is 393 g/mol. The van der Waals surface area contributed by atoms with Crippen molar-refractivity contribution < 1.29 is 9.59 Å². The molecule has 0 saturated heterocycles. The normalized spacial score (nSPS) is 18.3. The molecule has 2 heterocycles. The van der Waals surface area contributed by atoms with E-state index < -0.39 is 6.04 Å². The second kappa shape index (κ2) is 8.22. The van der Waals surface area contributed by atoms with E-state index in [4.69, 9.17) is 0 Å². The summed E-state index contributed by atoms with van der Waals surface area (Å²) in [5, 5.41) is 15.1. The van der Waals surface area contributed by atoms with E-state index in [9.17, 15) is 14.9 Å². The molecule has 3 unspecified atom stereocenters. The third kappa shape index (κ3) is 4.66. The highest BCUT2D eigenvalue weighted by molar-refractivity contribution is 5.93. The minimum atomic E-state index is -0.525. The number of aromatic nitrogens is 3. The molecule has 0 spiro atoms. The van der Waals surface area contributed by atoms with Gasteiger partial charge in [-0.05, 0) is 25.3 Å². The van der Waals surface area contributed by atoms with E-state index in [0.717, 1.165) is 6.42 Å². The average molecular weight is 393 g/mol. The van der Waals surface area contributed by atoms with Crippen LogP contribution in [0.1, 0.15) is 26.0 Å². The first-order valence-corrected chi connectivity index (χ1v) is 9.31. The first kappa shape index (κ1) is 20.2. The minimum Gasteiger partial charge on any atom is -0.372 e. The van der Waals surface area contributed by atoms with Crippen LogP contribution in [0.3, 0.4) is 0 Å². The minimum absolute atomic E-state index is 0.0365. The third-order valence-electron chi connectivity index (χ3n) is 4.82. The molecule has 0 radical (unpaired) electrons. The molecule has 2 N–H and O–H groups in total. The summed E-state index contributed by atoms with van der Waals surface area (Å²) in [6.45, 7) is 3.75. The molecule has 29 heavy (non-hydrogen) atoms. The molecule has 9 heteroatoms. The van der Waals surface area contributed by atoms with Crippen LogP contribution in [0.25, 0.3) is 11.3 Å². The highest BCUT2D eigenvalue weighted by Gasteiger charge is 2.39. The summed E-state index contributed by atoms with van der Waals surface area (Å²) in [6.07, 6.45) is 5.45. The number of likely N-dealkylation sites (N-methyl/N-ethyl adjacent to an activating group) is 1. The maximum atomic E-state index is 12.1. The van der Waals surface area contributed by atoms with Crippen molar-refractivity contribution in [3.8, 4) is 17.3 Å². The fourth-order valence-electron chi connectivity index (χ4n) is 2.93. The average Bonchev–Trinajstić information content (AvgIpc) is 3.44. The van der Waals surface area contributed by atoms with Gasteiger partial charge in [0.25, 0.3) is 0 Å². The maximum Gasteiger partial charge on any atom is 0.244 e. The van der Waals surface area contributed by atoms with E-state index >= 15 is 0 Å². The second-order valence-corrected chi connectivity index (χ2v) is 7.43. The van der Waals surface area contributed by atoms with E-state index in [2.05, 4.69) is 25.6 Å². The predicted octanol–water partition coefficient (Wildman–Crippen LogP) is 1.89. The Kier molecular flexibility index (Phi) is 5.73. The molecule has 150 valence electrons. The first-order chi connectivity index (χ1) is 13.8. The molecule has 0 bridgehead atoms. The van der Waals surface area contributed by atoms with Crippen molar-refractivity contribution in [2.24, 2.45) is 11.8 Å². The van der Waals surface area contributed by atoms with Crippen LogP contribution in [0.4, 0.5) is 11.5 Å². The van der Waals surface area contributed by atoms with Gasteiger partial charge in [-0.15, -0.1) is 0 Å². The molecule has 2 aromatic rings. The number of pyridine rings is 1. The van der Waals surface area contributed by atoms with Gasteiger partial charge in [-0.2, -0.15) is 5.26 Å². The Hall–Kier alpha value is -3.54. The van der Waals surface area contributed by atoms with Gasteiger partial charge in [-0.25, -0.2) is 9.97 Å². The van der Waals surface area contributed by atoms with Gasteiger partial charge in [0.15, 0.2) is 11.5 Å². The number of amides is 2. The summed E-state index contributed by atoms with van der Waals surface area (Å²) < 4.78 is 0. The molecule has 1 aliphatic carbocycles. The highest BCUT2D eigenvalue weighted by Crippen LogP contribution is 2.38. The summed E-state index contributed by atoms with van der Waals surface area (Å²) in [4.78, 5) is 38.3. The van der Waals surface area contributed by atoms with Crippen LogP contribution in [-0.2, 0) is 9.59 Å². The maximum absolute atomic E-state index is 12.1. The van der Waals surface area contributed by atoms with Gasteiger partial charge in [0.2, 0.25) is 11.8 Å². The standard InChI is InChI=1S/C20H23N7O2/c1-11-5-14(11)19(28)26-18-10-23-17(9-24-18)13-6-15(16(7-21)22-8-13)25-12(2)20(29)27(3)4/h6,8-12,14,25H,5H2,1-4H3,(H,24,26,28). The van der Waals surface area contributed by atoms with Crippen molar-refractivity contribution in [1.29, 1.82) is 5.26 Å². The lowest BCUT2D eigenvalue weighted by atomic mass is 10.1. The number of rotatable bonds is 6.